The van der Waals surface area contributed by atoms with Gasteiger partial charge in [0.15, 0.2) is 5.96 Å². The van der Waals surface area contributed by atoms with Gasteiger partial charge in [-0.15, -0.1) is 0 Å². The minimum Gasteiger partial charge on any atom is -0.377 e. The van der Waals surface area contributed by atoms with Gasteiger partial charge in [-0.05, 0) is 20.3 Å². The summed E-state index contributed by atoms with van der Waals surface area (Å²) in [6.45, 7) is 6.80. The Morgan fingerprint density at radius 2 is 2.38 bits per heavy atom. The summed E-state index contributed by atoms with van der Waals surface area (Å²) in [5.41, 5.74) is -0.137. The lowest BCUT2D eigenvalue weighted by Crippen LogP contribution is -2.47. The van der Waals surface area contributed by atoms with Gasteiger partial charge in [0.2, 0.25) is 0 Å². The highest BCUT2D eigenvalue weighted by Crippen LogP contribution is 2.04. The molecular formula is C9H19N3O. The molecule has 0 fully saturated rings. The molecule has 0 saturated carbocycles. The van der Waals surface area contributed by atoms with Crippen molar-refractivity contribution in [1.82, 2.24) is 10.6 Å². The van der Waals surface area contributed by atoms with E-state index < -0.39 is 0 Å². The number of nitrogens with one attached hydrogen (secondary N) is 2. The lowest BCUT2D eigenvalue weighted by atomic mass is 10.1. The molecule has 0 aromatic heterocycles. The molecule has 2 N–H and O–H groups in total. The summed E-state index contributed by atoms with van der Waals surface area (Å²) in [7, 11) is 1.72. The SMILES string of the molecule is COC(C)(C)CNC1=NCCCN1. The van der Waals surface area contributed by atoms with Crippen LogP contribution < -0.4 is 10.6 Å². The minimum absolute atomic E-state index is 0.137. The third-order valence-electron chi connectivity index (χ3n) is 2.13. The van der Waals surface area contributed by atoms with Crippen molar-refractivity contribution in [3.8, 4) is 0 Å². The molecule has 0 aliphatic carbocycles. The van der Waals surface area contributed by atoms with E-state index in [9.17, 15) is 0 Å². The molecule has 0 spiro atoms. The van der Waals surface area contributed by atoms with Gasteiger partial charge in [-0.25, -0.2) is 0 Å². The van der Waals surface area contributed by atoms with E-state index in [1.165, 1.54) is 0 Å². The highest BCUT2D eigenvalue weighted by Gasteiger charge is 2.16. The van der Waals surface area contributed by atoms with Gasteiger partial charge in [-0.1, -0.05) is 0 Å². The van der Waals surface area contributed by atoms with Gasteiger partial charge in [-0.2, -0.15) is 0 Å². The maximum Gasteiger partial charge on any atom is 0.191 e. The van der Waals surface area contributed by atoms with Crippen molar-refractivity contribution in [1.29, 1.82) is 0 Å². The molecule has 0 bridgehead atoms. The first-order valence-electron chi connectivity index (χ1n) is 4.71. The van der Waals surface area contributed by atoms with Crippen LogP contribution in [0.2, 0.25) is 0 Å². The second kappa shape index (κ2) is 4.46. The lowest BCUT2D eigenvalue weighted by Gasteiger charge is -2.25. The molecular weight excluding hydrogens is 166 g/mol. The van der Waals surface area contributed by atoms with Crippen molar-refractivity contribution in [2.24, 2.45) is 4.99 Å². The van der Waals surface area contributed by atoms with Gasteiger partial charge in [0.25, 0.3) is 0 Å². The van der Waals surface area contributed by atoms with Crippen molar-refractivity contribution in [2.75, 3.05) is 26.7 Å². The molecule has 0 unspecified atom stereocenters. The summed E-state index contributed by atoms with van der Waals surface area (Å²) in [5, 5.41) is 6.43. The lowest BCUT2D eigenvalue weighted by molar-refractivity contribution is 0.0268. The zero-order valence-electron chi connectivity index (χ0n) is 8.68. The average Bonchev–Trinajstić information content (AvgIpc) is 2.17. The van der Waals surface area contributed by atoms with Crippen LogP contribution in [0.3, 0.4) is 0 Å². The summed E-state index contributed by atoms with van der Waals surface area (Å²) >= 11 is 0. The first kappa shape index (κ1) is 10.3. The number of hydrogen-bond donors (Lipinski definition) is 2. The summed E-state index contributed by atoms with van der Waals surface area (Å²) in [6.07, 6.45) is 1.12. The number of aliphatic imine (C=N–C) groups is 1. The van der Waals surface area contributed by atoms with Crippen LogP contribution in [-0.4, -0.2) is 38.3 Å². The molecule has 0 radical (unpaired) electrons. The maximum absolute atomic E-state index is 5.28. The Bertz CT molecular complexity index is 189. The molecule has 13 heavy (non-hydrogen) atoms. The highest BCUT2D eigenvalue weighted by atomic mass is 16.5. The summed E-state index contributed by atoms with van der Waals surface area (Å²) < 4.78 is 5.28. The van der Waals surface area contributed by atoms with Gasteiger partial charge in [-0.3, -0.25) is 4.99 Å². The first-order valence-corrected chi connectivity index (χ1v) is 4.71. The largest absolute Gasteiger partial charge is 0.377 e. The van der Waals surface area contributed by atoms with Gasteiger partial charge >= 0.3 is 0 Å². The summed E-state index contributed by atoms with van der Waals surface area (Å²) in [5.74, 6) is 0.899. The zero-order valence-corrected chi connectivity index (χ0v) is 8.68. The normalized spacial score (nSPS) is 17.6. The maximum atomic E-state index is 5.28. The number of hydrogen-bond acceptors (Lipinski definition) is 4. The van der Waals surface area contributed by atoms with Crippen LogP contribution in [0.5, 0.6) is 0 Å². The van der Waals surface area contributed by atoms with Crippen LogP contribution >= 0.6 is 0 Å². The average molecular weight is 185 g/mol. The van der Waals surface area contributed by atoms with Crippen molar-refractivity contribution in [3.63, 3.8) is 0 Å². The number of nitrogens with zero attached hydrogens (tertiary/aromatic N) is 1. The van der Waals surface area contributed by atoms with Crippen LogP contribution in [-0.2, 0) is 4.74 Å². The van der Waals surface area contributed by atoms with Crippen LogP contribution in [0.15, 0.2) is 4.99 Å². The molecule has 0 atom stereocenters. The Balaban J connectivity index is 2.29. The quantitative estimate of drug-likeness (QED) is 0.667. The van der Waals surface area contributed by atoms with Crippen LogP contribution in [0.4, 0.5) is 0 Å². The molecule has 4 nitrogen and oxygen atoms in total. The molecule has 0 aromatic carbocycles. The van der Waals surface area contributed by atoms with Crippen LogP contribution in [0.25, 0.3) is 0 Å². The van der Waals surface area contributed by atoms with E-state index >= 15 is 0 Å². The molecule has 1 heterocycles. The predicted molar refractivity (Wildman–Crippen MR) is 54.0 cm³/mol. The van der Waals surface area contributed by atoms with Gasteiger partial charge in [0, 0.05) is 26.7 Å². The van der Waals surface area contributed by atoms with E-state index in [0.29, 0.717) is 0 Å². The van der Waals surface area contributed by atoms with Gasteiger partial charge in [0.05, 0.1) is 5.60 Å². The topological polar surface area (TPSA) is 45.6 Å². The van der Waals surface area contributed by atoms with Crippen molar-refractivity contribution in [2.45, 2.75) is 25.9 Å². The van der Waals surface area contributed by atoms with E-state index in [1.54, 1.807) is 7.11 Å². The molecule has 0 saturated heterocycles. The number of methoxy groups -OCH3 is 1. The summed E-state index contributed by atoms with van der Waals surface area (Å²) in [6, 6.07) is 0. The minimum atomic E-state index is -0.137. The molecule has 0 aromatic rings. The molecule has 1 rings (SSSR count). The van der Waals surface area contributed by atoms with Crippen LogP contribution in [0, 0.1) is 0 Å². The van der Waals surface area contributed by atoms with E-state index in [-0.39, 0.29) is 5.60 Å². The Morgan fingerprint density at radius 3 is 2.92 bits per heavy atom. The fourth-order valence-electron chi connectivity index (χ4n) is 1.02. The summed E-state index contributed by atoms with van der Waals surface area (Å²) in [4.78, 5) is 4.31. The second-order valence-corrected chi connectivity index (χ2v) is 3.83. The Labute approximate surface area is 79.8 Å². The number of rotatable bonds is 3. The van der Waals surface area contributed by atoms with E-state index in [4.69, 9.17) is 4.74 Å². The highest BCUT2D eigenvalue weighted by molar-refractivity contribution is 5.80. The van der Waals surface area contributed by atoms with Crippen molar-refractivity contribution >= 4 is 5.96 Å². The van der Waals surface area contributed by atoms with Crippen LogP contribution in [0.1, 0.15) is 20.3 Å². The molecule has 1 aliphatic heterocycles. The number of guanidine groups is 1. The van der Waals surface area contributed by atoms with E-state index in [1.807, 2.05) is 13.8 Å². The third kappa shape index (κ3) is 3.63. The van der Waals surface area contributed by atoms with E-state index in [2.05, 4.69) is 15.6 Å². The van der Waals surface area contributed by atoms with E-state index in [0.717, 1.165) is 32.0 Å². The monoisotopic (exact) mass is 185 g/mol. The standard InChI is InChI=1S/C9H19N3O/c1-9(2,13-3)7-12-8-10-5-4-6-11-8/h4-7H2,1-3H3,(H2,10,11,12). The number of ether oxygens (including phenoxy) is 1. The predicted octanol–water partition coefficient (Wildman–Crippen LogP) is 0.350. The zero-order chi connectivity index (χ0) is 9.73. The molecule has 0 amide bonds. The fourth-order valence-corrected chi connectivity index (χ4v) is 1.02. The van der Waals surface area contributed by atoms with Crippen molar-refractivity contribution < 1.29 is 4.74 Å². The van der Waals surface area contributed by atoms with Crippen molar-refractivity contribution in [3.05, 3.63) is 0 Å². The molecule has 1 aliphatic rings. The Hall–Kier alpha value is -0.770. The Kier molecular flexibility index (Phi) is 3.54. The first-order chi connectivity index (χ1) is 6.14. The second-order valence-electron chi connectivity index (χ2n) is 3.83. The third-order valence-corrected chi connectivity index (χ3v) is 2.13. The van der Waals surface area contributed by atoms with Gasteiger partial charge < -0.3 is 15.4 Å². The molecule has 76 valence electrons. The Morgan fingerprint density at radius 1 is 1.62 bits per heavy atom. The fraction of sp³-hybridized carbons (Fsp3) is 0.889. The van der Waals surface area contributed by atoms with Gasteiger partial charge in [0.1, 0.15) is 0 Å². The smallest absolute Gasteiger partial charge is 0.191 e. The molecule has 4 heteroatoms.